The van der Waals surface area contributed by atoms with Crippen LogP contribution in [0.25, 0.3) is 11.1 Å². The normalized spacial score (nSPS) is 10.4. The maximum absolute atomic E-state index is 12.6. The number of anilines is 1. The molecule has 3 N–H and O–H groups in total. The Morgan fingerprint density at radius 3 is 2.29 bits per heavy atom. The van der Waals surface area contributed by atoms with Crippen LogP contribution < -0.4 is 16.0 Å². The van der Waals surface area contributed by atoms with E-state index in [1.165, 1.54) is 18.4 Å². The Bertz CT molecular complexity index is 859. The van der Waals surface area contributed by atoms with E-state index in [1.807, 2.05) is 38.1 Å². The van der Waals surface area contributed by atoms with Gasteiger partial charge < -0.3 is 15.4 Å². The van der Waals surface area contributed by atoms with E-state index < -0.39 is 5.97 Å². The van der Waals surface area contributed by atoms with E-state index >= 15 is 0 Å². The summed E-state index contributed by atoms with van der Waals surface area (Å²) in [6.07, 6.45) is 0. The second-order valence-electron chi connectivity index (χ2n) is 6.15. The molecule has 2 amide bonds. The number of likely N-dealkylation sites (N-methyl/N-ethyl adjacent to an activating group) is 1. The van der Waals surface area contributed by atoms with Crippen LogP contribution in [0.5, 0.6) is 0 Å². The van der Waals surface area contributed by atoms with Crippen molar-refractivity contribution >= 4 is 34.1 Å². The van der Waals surface area contributed by atoms with Crippen LogP contribution in [-0.4, -0.2) is 44.5 Å². The first-order chi connectivity index (χ1) is 13.4. The highest BCUT2D eigenvalue weighted by Gasteiger charge is 2.25. The lowest BCUT2D eigenvalue weighted by Crippen LogP contribution is -2.36. The lowest BCUT2D eigenvalue weighted by atomic mass is 10.0. The van der Waals surface area contributed by atoms with E-state index in [1.54, 1.807) is 6.92 Å². The summed E-state index contributed by atoms with van der Waals surface area (Å²) in [7, 11) is 1.52. The van der Waals surface area contributed by atoms with Crippen molar-refractivity contribution in [1.29, 1.82) is 0 Å². The third-order valence-corrected chi connectivity index (χ3v) is 5.03. The Hall–Kier alpha value is -2.71. The molecule has 1 aromatic carbocycles. The van der Waals surface area contributed by atoms with Gasteiger partial charge in [-0.05, 0) is 26.3 Å². The van der Waals surface area contributed by atoms with Crippen LogP contribution in [0, 0.1) is 13.8 Å². The van der Waals surface area contributed by atoms with Crippen molar-refractivity contribution in [3.8, 4) is 11.1 Å². The van der Waals surface area contributed by atoms with Crippen molar-refractivity contribution in [2.24, 2.45) is 0 Å². The van der Waals surface area contributed by atoms with Gasteiger partial charge in [0.05, 0.1) is 19.7 Å². The summed E-state index contributed by atoms with van der Waals surface area (Å²) >= 11 is 1.33. The van der Waals surface area contributed by atoms with Crippen LogP contribution in [0.2, 0.25) is 0 Å². The molecule has 2 aromatic rings. The zero-order valence-corrected chi connectivity index (χ0v) is 17.3. The molecule has 0 unspecified atom stereocenters. The number of carbonyl (C=O) groups excluding carboxylic acids is 3. The summed E-state index contributed by atoms with van der Waals surface area (Å²) in [5.74, 6) is -1.03. The van der Waals surface area contributed by atoms with Gasteiger partial charge in [-0.2, -0.15) is 0 Å². The Balaban J connectivity index is 2.29. The molecule has 0 atom stereocenters. The molecular formula is C20H25N3O4S. The van der Waals surface area contributed by atoms with E-state index in [4.69, 9.17) is 4.74 Å². The molecule has 1 aromatic heterocycles. The molecule has 0 aliphatic rings. The third kappa shape index (κ3) is 5.40. The molecule has 7 nitrogen and oxygen atoms in total. The molecule has 0 bridgehead atoms. The van der Waals surface area contributed by atoms with Crippen molar-refractivity contribution in [3.63, 3.8) is 0 Å². The topological polar surface area (TPSA) is 96.5 Å². The van der Waals surface area contributed by atoms with Gasteiger partial charge in [0.25, 0.3) is 0 Å². The van der Waals surface area contributed by atoms with Crippen LogP contribution >= 0.6 is 11.3 Å². The number of rotatable bonds is 8. The molecule has 28 heavy (non-hydrogen) atoms. The van der Waals surface area contributed by atoms with Gasteiger partial charge in [-0.25, -0.2) is 4.79 Å². The molecule has 0 saturated heterocycles. The lowest BCUT2D eigenvalue weighted by molar-refractivity contribution is -0.120. The molecule has 2 rings (SSSR count). The number of hydrogen-bond donors (Lipinski definition) is 3. The largest absolute Gasteiger partial charge is 0.462 e. The SMILES string of the molecule is CCOC(=O)c1c(NC(=O)CNCC(=O)NC)sc(C)c1-c1ccc(C)cc1. The number of aryl methyl sites for hydroxylation is 2. The zero-order valence-electron chi connectivity index (χ0n) is 16.5. The highest BCUT2D eigenvalue weighted by molar-refractivity contribution is 7.17. The second kappa shape index (κ2) is 10.0. The first kappa shape index (κ1) is 21.6. The molecule has 1 heterocycles. The van der Waals surface area contributed by atoms with Crippen molar-refractivity contribution in [2.75, 3.05) is 32.1 Å². The smallest absolute Gasteiger partial charge is 0.341 e. The van der Waals surface area contributed by atoms with E-state index in [2.05, 4.69) is 16.0 Å². The van der Waals surface area contributed by atoms with Crippen molar-refractivity contribution in [2.45, 2.75) is 20.8 Å². The highest BCUT2D eigenvalue weighted by atomic mass is 32.1. The maximum Gasteiger partial charge on any atom is 0.341 e. The number of esters is 1. The standard InChI is InChI=1S/C20H25N3O4S/c1-5-27-20(26)18-17(14-8-6-12(2)7-9-14)13(3)28-19(18)23-16(25)11-22-10-15(24)21-4/h6-9,22H,5,10-11H2,1-4H3,(H,21,24)(H,23,25). The van der Waals surface area contributed by atoms with Gasteiger partial charge in [0, 0.05) is 17.5 Å². The van der Waals surface area contributed by atoms with Crippen LogP contribution in [-0.2, 0) is 14.3 Å². The summed E-state index contributed by atoms with van der Waals surface area (Å²) < 4.78 is 5.22. The van der Waals surface area contributed by atoms with Crippen LogP contribution in [0.15, 0.2) is 24.3 Å². The van der Waals surface area contributed by atoms with Crippen molar-refractivity contribution in [1.82, 2.24) is 10.6 Å². The van der Waals surface area contributed by atoms with Gasteiger partial charge in [-0.3, -0.25) is 14.9 Å². The predicted octanol–water partition coefficient (Wildman–Crippen LogP) is 2.48. The first-order valence-electron chi connectivity index (χ1n) is 8.96. The second-order valence-corrected chi connectivity index (χ2v) is 7.37. The van der Waals surface area contributed by atoms with Crippen molar-refractivity contribution in [3.05, 3.63) is 40.3 Å². The van der Waals surface area contributed by atoms with Gasteiger partial charge in [-0.1, -0.05) is 29.8 Å². The zero-order chi connectivity index (χ0) is 20.7. The predicted molar refractivity (Wildman–Crippen MR) is 111 cm³/mol. The minimum absolute atomic E-state index is 0.0345. The van der Waals surface area contributed by atoms with E-state index in [0.29, 0.717) is 10.6 Å². The molecular weight excluding hydrogens is 378 g/mol. The number of thiophene rings is 1. The number of nitrogens with one attached hydrogen (secondary N) is 3. The monoisotopic (exact) mass is 403 g/mol. The Kier molecular flexibility index (Phi) is 7.71. The number of amides is 2. The minimum atomic E-state index is -0.476. The fraction of sp³-hybridized carbons (Fsp3) is 0.350. The fourth-order valence-corrected chi connectivity index (χ4v) is 3.73. The Morgan fingerprint density at radius 2 is 1.68 bits per heavy atom. The van der Waals surface area contributed by atoms with Gasteiger partial charge in [0.1, 0.15) is 10.6 Å². The molecule has 0 aliphatic heterocycles. The average Bonchev–Trinajstić information content (AvgIpc) is 2.98. The lowest BCUT2D eigenvalue weighted by Gasteiger charge is -2.10. The molecule has 0 spiro atoms. The fourth-order valence-electron chi connectivity index (χ4n) is 2.65. The Labute approximate surface area is 168 Å². The van der Waals surface area contributed by atoms with E-state index in [9.17, 15) is 14.4 Å². The van der Waals surface area contributed by atoms with E-state index in [0.717, 1.165) is 21.6 Å². The molecule has 8 heteroatoms. The molecule has 0 saturated carbocycles. The average molecular weight is 404 g/mol. The number of benzene rings is 1. The summed E-state index contributed by atoms with van der Waals surface area (Å²) in [6.45, 7) is 5.86. The van der Waals surface area contributed by atoms with Gasteiger partial charge in [0.15, 0.2) is 0 Å². The molecule has 0 aliphatic carbocycles. The summed E-state index contributed by atoms with van der Waals surface area (Å²) in [5, 5.41) is 8.43. The third-order valence-electron chi connectivity index (χ3n) is 4.01. The Morgan fingerprint density at radius 1 is 1.04 bits per heavy atom. The summed E-state index contributed by atoms with van der Waals surface area (Å²) in [5.41, 5.74) is 3.12. The molecule has 0 fully saturated rings. The molecule has 150 valence electrons. The van der Waals surface area contributed by atoms with Crippen LogP contribution in [0.1, 0.15) is 27.7 Å². The highest BCUT2D eigenvalue weighted by Crippen LogP contribution is 2.40. The van der Waals surface area contributed by atoms with E-state index in [-0.39, 0.29) is 31.5 Å². The molecule has 0 radical (unpaired) electrons. The van der Waals surface area contributed by atoms with Gasteiger partial charge >= 0.3 is 5.97 Å². The number of hydrogen-bond acceptors (Lipinski definition) is 6. The summed E-state index contributed by atoms with van der Waals surface area (Å²) in [6, 6.07) is 7.85. The van der Waals surface area contributed by atoms with Crippen LogP contribution in [0.3, 0.4) is 0 Å². The first-order valence-corrected chi connectivity index (χ1v) is 9.77. The quantitative estimate of drug-likeness (QED) is 0.589. The maximum atomic E-state index is 12.6. The minimum Gasteiger partial charge on any atom is -0.462 e. The van der Waals surface area contributed by atoms with Crippen molar-refractivity contribution < 1.29 is 19.1 Å². The van der Waals surface area contributed by atoms with Gasteiger partial charge in [-0.15, -0.1) is 11.3 Å². The number of carbonyl (C=O) groups is 3. The number of ether oxygens (including phenoxy) is 1. The van der Waals surface area contributed by atoms with Gasteiger partial charge in [0.2, 0.25) is 11.8 Å². The summed E-state index contributed by atoms with van der Waals surface area (Å²) in [4.78, 5) is 37.0. The van der Waals surface area contributed by atoms with Crippen LogP contribution in [0.4, 0.5) is 5.00 Å².